The summed E-state index contributed by atoms with van der Waals surface area (Å²) in [6, 6.07) is 7.36. The minimum Gasteiger partial charge on any atom is -0.356 e. The van der Waals surface area contributed by atoms with E-state index in [4.69, 9.17) is 4.52 Å². The molecule has 1 saturated heterocycles. The van der Waals surface area contributed by atoms with E-state index in [1.807, 2.05) is 18.2 Å². The molecule has 1 atom stereocenters. The number of aromatic nitrogens is 1. The van der Waals surface area contributed by atoms with E-state index in [0.29, 0.717) is 24.2 Å². The van der Waals surface area contributed by atoms with Crippen molar-refractivity contribution in [1.29, 1.82) is 0 Å². The summed E-state index contributed by atoms with van der Waals surface area (Å²) < 4.78 is 28.2. The number of likely N-dealkylation sites (tertiary alicyclic amines) is 1. The molecule has 0 aliphatic carbocycles. The third kappa shape index (κ3) is 2.78. The number of nitrogens with zero attached hydrogens (tertiary/aromatic N) is 2. The van der Waals surface area contributed by atoms with Gasteiger partial charge in [0.1, 0.15) is 5.69 Å². The molecule has 1 amide bonds. The first-order valence-electron chi connectivity index (χ1n) is 6.75. The van der Waals surface area contributed by atoms with E-state index >= 15 is 0 Å². The highest BCUT2D eigenvalue weighted by Gasteiger charge is 2.32. The molecular weight excluding hydrogens is 292 g/mol. The number of fused-ring (bicyclic) bond motifs is 1. The van der Waals surface area contributed by atoms with Crippen molar-refractivity contribution < 1.29 is 17.7 Å². The molecular formula is C14H16N2O4S. The summed E-state index contributed by atoms with van der Waals surface area (Å²) in [5.74, 6) is -0.111. The molecule has 21 heavy (non-hydrogen) atoms. The van der Waals surface area contributed by atoms with Crippen LogP contribution in [0.15, 0.2) is 28.8 Å². The number of rotatable bonds is 3. The van der Waals surface area contributed by atoms with E-state index in [1.165, 1.54) is 6.26 Å². The number of carbonyl (C=O) groups is 1. The first-order valence-corrected chi connectivity index (χ1v) is 8.70. The van der Waals surface area contributed by atoms with Crippen molar-refractivity contribution in [3.8, 4) is 0 Å². The second-order valence-electron chi connectivity index (χ2n) is 5.38. The van der Waals surface area contributed by atoms with Crippen LogP contribution in [0.25, 0.3) is 11.0 Å². The molecule has 2 heterocycles. The zero-order valence-corrected chi connectivity index (χ0v) is 12.5. The minimum absolute atomic E-state index is 0.111. The Morgan fingerprint density at radius 1 is 1.43 bits per heavy atom. The second-order valence-corrected chi connectivity index (χ2v) is 7.71. The summed E-state index contributed by atoms with van der Waals surface area (Å²) >= 11 is 0. The zero-order valence-electron chi connectivity index (χ0n) is 11.7. The normalized spacial score (nSPS) is 19.3. The van der Waals surface area contributed by atoms with Crippen molar-refractivity contribution in [2.45, 2.75) is 18.1 Å². The molecule has 112 valence electrons. The van der Waals surface area contributed by atoms with Crippen molar-refractivity contribution >= 4 is 26.7 Å². The summed E-state index contributed by atoms with van der Waals surface area (Å²) in [5.41, 5.74) is 1.24. The number of carbonyl (C=O) groups excluding carboxylic acids is 1. The molecule has 0 bridgehead atoms. The van der Waals surface area contributed by atoms with Gasteiger partial charge in [-0.1, -0.05) is 17.3 Å². The lowest BCUT2D eigenvalue weighted by atomic mass is 10.1. The van der Waals surface area contributed by atoms with Gasteiger partial charge in [0.2, 0.25) is 5.91 Å². The highest BCUT2D eigenvalue weighted by molar-refractivity contribution is 7.91. The van der Waals surface area contributed by atoms with Gasteiger partial charge in [0.15, 0.2) is 15.4 Å². The smallest absolute Gasteiger partial charge is 0.228 e. The molecule has 0 N–H and O–H groups in total. The maximum atomic E-state index is 12.3. The average molecular weight is 308 g/mol. The van der Waals surface area contributed by atoms with Gasteiger partial charge in [0.05, 0.1) is 11.7 Å². The Morgan fingerprint density at radius 3 is 2.90 bits per heavy atom. The average Bonchev–Trinajstić information content (AvgIpc) is 3.05. The first kappa shape index (κ1) is 14.1. The summed E-state index contributed by atoms with van der Waals surface area (Å²) in [6.45, 7) is 0.750. The standard InChI is InChI=1S/C14H16N2O4S/c1-21(18,19)10-6-7-16(9-10)14(17)8-12-11-4-2-3-5-13(11)20-15-12/h2-5,10H,6-9H2,1H3. The van der Waals surface area contributed by atoms with E-state index in [2.05, 4.69) is 5.16 Å². The van der Waals surface area contributed by atoms with Gasteiger partial charge in [-0.05, 0) is 18.6 Å². The van der Waals surface area contributed by atoms with Crippen LogP contribution in [0.2, 0.25) is 0 Å². The molecule has 0 saturated carbocycles. The molecule has 1 fully saturated rings. The van der Waals surface area contributed by atoms with Gasteiger partial charge in [-0.3, -0.25) is 4.79 Å². The van der Waals surface area contributed by atoms with Crippen molar-refractivity contribution in [3.63, 3.8) is 0 Å². The van der Waals surface area contributed by atoms with E-state index in [1.54, 1.807) is 11.0 Å². The number of para-hydroxylation sites is 1. The number of benzene rings is 1. The van der Waals surface area contributed by atoms with Gasteiger partial charge in [0.25, 0.3) is 0 Å². The third-order valence-electron chi connectivity index (χ3n) is 3.87. The molecule has 3 rings (SSSR count). The van der Waals surface area contributed by atoms with Crippen LogP contribution in [0.5, 0.6) is 0 Å². The monoisotopic (exact) mass is 308 g/mol. The van der Waals surface area contributed by atoms with Crippen molar-refractivity contribution in [1.82, 2.24) is 10.1 Å². The Morgan fingerprint density at radius 2 is 2.19 bits per heavy atom. The lowest BCUT2D eigenvalue weighted by Gasteiger charge is -2.15. The quantitative estimate of drug-likeness (QED) is 0.845. The van der Waals surface area contributed by atoms with Crippen LogP contribution in [0.3, 0.4) is 0 Å². The van der Waals surface area contributed by atoms with Gasteiger partial charge in [-0.15, -0.1) is 0 Å². The highest BCUT2D eigenvalue weighted by Crippen LogP contribution is 2.21. The van der Waals surface area contributed by atoms with E-state index in [-0.39, 0.29) is 18.9 Å². The first-order chi connectivity index (χ1) is 9.95. The molecule has 1 aromatic heterocycles. The minimum atomic E-state index is -3.09. The summed E-state index contributed by atoms with van der Waals surface area (Å²) in [4.78, 5) is 13.9. The molecule has 2 aromatic rings. The lowest BCUT2D eigenvalue weighted by molar-refractivity contribution is -0.129. The SMILES string of the molecule is CS(=O)(=O)C1CCN(C(=O)Cc2noc3ccccc23)C1. The largest absolute Gasteiger partial charge is 0.356 e. The van der Waals surface area contributed by atoms with Crippen LogP contribution in [-0.4, -0.2) is 49.0 Å². The van der Waals surface area contributed by atoms with Gasteiger partial charge >= 0.3 is 0 Å². The number of hydrogen-bond acceptors (Lipinski definition) is 5. The van der Waals surface area contributed by atoms with Crippen LogP contribution >= 0.6 is 0 Å². The molecule has 0 spiro atoms. The van der Waals surface area contributed by atoms with Crippen molar-refractivity contribution in [2.24, 2.45) is 0 Å². The maximum Gasteiger partial charge on any atom is 0.228 e. The fourth-order valence-corrected chi connectivity index (χ4v) is 3.61. The summed E-state index contributed by atoms with van der Waals surface area (Å²) in [5, 5.41) is 4.31. The van der Waals surface area contributed by atoms with Crippen LogP contribution in [0.4, 0.5) is 0 Å². The Bertz CT molecular complexity index is 781. The predicted octanol–water partition coefficient (Wildman–Crippen LogP) is 1.02. The molecule has 0 radical (unpaired) electrons. The van der Waals surface area contributed by atoms with E-state index in [9.17, 15) is 13.2 Å². The Balaban J connectivity index is 1.73. The lowest BCUT2D eigenvalue weighted by Crippen LogP contribution is -2.32. The van der Waals surface area contributed by atoms with Crippen LogP contribution < -0.4 is 0 Å². The van der Waals surface area contributed by atoms with E-state index < -0.39 is 15.1 Å². The second kappa shape index (κ2) is 5.14. The fourth-order valence-electron chi connectivity index (χ4n) is 2.62. The Labute approximate surface area is 122 Å². The van der Waals surface area contributed by atoms with Crippen molar-refractivity contribution in [3.05, 3.63) is 30.0 Å². The van der Waals surface area contributed by atoms with Gasteiger partial charge in [-0.25, -0.2) is 8.42 Å². The predicted molar refractivity (Wildman–Crippen MR) is 77.5 cm³/mol. The van der Waals surface area contributed by atoms with Gasteiger partial charge < -0.3 is 9.42 Å². The van der Waals surface area contributed by atoms with E-state index in [0.717, 1.165) is 5.39 Å². The third-order valence-corrected chi connectivity index (χ3v) is 5.47. The van der Waals surface area contributed by atoms with Crippen molar-refractivity contribution in [2.75, 3.05) is 19.3 Å². The molecule has 7 heteroatoms. The highest BCUT2D eigenvalue weighted by atomic mass is 32.2. The molecule has 1 aromatic carbocycles. The number of amides is 1. The topological polar surface area (TPSA) is 80.5 Å². The Kier molecular flexibility index (Phi) is 3.44. The molecule has 1 aliphatic rings. The molecule has 6 nitrogen and oxygen atoms in total. The number of hydrogen-bond donors (Lipinski definition) is 0. The molecule has 1 aliphatic heterocycles. The van der Waals surface area contributed by atoms with Crippen LogP contribution in [0, 0.1) is 0 Å². The number of sulfone groups is 1. The molecule has 1 unspecified atom stereocenters. The maximum absolute atomic E-state index is 12.3. The van der Waals surface area contributed by atoms with Gasteiger partial charge in [-0.2, -0.15) is 0 Å². The van der Waals surface area contributed by atoms with Crippen LogP contribution in [-0.2, 0) is 21.1 Å². The van der Waals surface area contributed by atoms with Gasteiger partial charge in [0, 0.05) is 24.7 Å². The fraction of sp³-hybridized carbons (Fsp3) is 0.429. The van der Waals surface area contributed by atoms with Crippen LogP contribution in [0.1, 0.15) is 12.1 Å². The zero-order chi connectivity index (χ0) is 15.0. The Hall–Kier alpha value is -1.89. The summed E-state index contributed by atoms with van der Waals surface area (Å²) in [6.07, 6.45) is 1.86. The summed E-state index contributed by atoms with van der Waals surface area (Å²) in [7, 11) is -3.09.